The molecule has 1 saturated carbocycles. The minimum atomic E-state index is -0.239. The quantitative estimate of drug-likeness (QED) is 0.781. The Kier molecular flexibility index (Phi) is 5.28. The standard InChI is InChI=1S/C20H23ClN2O3/c1-13-4-6-15(11-16(13)21)23-19(24)22-12-20(8-9-20)14-5-7-17(25-2)18(10-14)26-3/h4-7,10-11H,8-9,12H2,1-3H3,(H2,22,23,24). The average Bonchev–Trinajstić information content (AvgIpc) is 3.44. The van der Waals surface area contributed by atoms with Crippen LogP contribution in [0.4, 0.5) is 10.5 Å². The summed E-state index contributed by atoms with van der Waals surface area (Å²) < 4.78 is 10.7. The first-order chi connectivity index (χ1) is 12.5. The van der Waals surface area contributed by atoms with Crippen LogP contribution in [-0.2, 0) is 5.41 Å². The molecule has 0 radical (unpaired) electrons. The highest BCUT2D eigenvalue weighted by atomic mass is 35.5. The van der Waals surface area contributed by atoms with Crippen molar-refractivity contribution in [3.8, 4) is 11.5 Å². The first-order valence-corrected chi connectivity index (χ1v) is 8.89. The molecule has 0 aliphatic heterocycles. The summed E-state index contributed by atoms with van der Waals surface area (Å²) in [5.74, 6) is 1.41. The lowest BCUT2D eigenvalue weighted by atomic mass is 9.95. The van der Waals surface area contributed by atoms with Gasteiger partial charge in [-0.05, 0) is 55.2 Å². The lowest BCUT2D eigenvalue weighted by Gasteiger charge is -2.19. The number of hydrogen-bond acceptors (Lipinski definition) is 3. The molecule has 1 aliphatic carbocycles. The summed E-state index contributed by atoms with van der Waals surface area (Å²) in [4.78, 5) is 12.2. The summed E-state index contributed by atoms with van der Waals surface area (Å²) in [6.45, 7) is 2.49. The van der Waals surface area contributed by atoms with Crippen molar-refractivity contribution in [2.24, 2.45) is 0 Å². The van der Waals surface area contributed by atoms with Gasteiger partial charge in [-0.3, -0.25) is 0 Å². The molecule has 3 rings (SSSR count). The average molecular weight is 375 g/mol. The van der Waals surface area contributed by atoms with Crippen LogP contribution in [0.3, 0.4) is 0 Å². The maximum absolute atomic E-state index is 12.2. The van der Waals surface area contributed by atoms with Crippen LogP contribution in [0.15, 0.2) is 36.4 Å². The molecule has 1 aliphatic rings. The van der Waals surface area contributed by atoms with Gasteiger partial charge in [0, 0.05) is 22.7 Å². The molecule has 26 heavy (non-hydrogen) atoms. The molecule has 2 aromatic rings. The van der Waals surface area contributed by atoms with E-state index < -0.39 is 0 Å². The van der Waals surface area contributed by atoms with Crippen molar-refractivity contribution in [2.45, 2.75) is 25.2 Å². The first-order valence-electron chi connectivity index (χ1n) is 8.51. The summed E-state index contributed by atoms with van der Waals surface area (Å²) >= 11 is 6.10. The molecule has 2 N–H and O–H groups in total. The number of carbonyl (C=O) groups excluding carboxylic acids is 1. The number of carbonyl (C=O) groups is 1. The minimum Gasteiger partial charge on any atom is -0.493 e. The second-order valence-corrected chi connectivity index (χ2v) is 7.03. The molecule has 2 amide bonds. The molecule has 2 aromatic carbocycles. The van der Waals surface area contributed by atoms with E-state index in [-0.39, 0.29) is 11.4 Å². The molecule has 138 valence electrons. The molecule has 0 spiro atoms. The van der Waals surface area contributed by atoms with Gasteiger partial charge in [-0.1, -0.05) is 23.7 Å². The first kappa shape index (κ1) is 18.4. The Morgan fingerprint density at radius 2 is 1.85 bits per heavy atom. The van der Waals surface area contributed by atoms with Gasteiger partial charge in [0.15, 0.2) is 11.5 Å². The number of halogens is 1. The summed E-state index contributed by atoms with van der Waals surface area (Å²) in [5.41, 5.74) is 2.76. The third-order valence-corrected chi connectivity index (χ3v) is 5.27. The number of ether oxygens (including phenoxy) is 2. The molecule has 0 heterocycles. The Morgan fingerprint density at radius 1 is 1.12 bits per heavy atom. The van der Waals surface area contributed by atoms with E-state index in [9.17, 15) is 4.79 Å². The fraction of sp³-hybridized carbons (Fsp3) is 0.350. The molecule has 0 saturated heterocycles. The lowest BCUT2D eigenvalue weighted by Crippen LogP contribution is -2.35. The topological polar surface area (TPSA) is 59.6 Å². The minimum absolute atomic E-state index is 0.0399. The van der Waals surface area contributed by atoms with Crippen molar-refractivity contribution in [1.82, 2.24) is 5.32 Å². The third-order valence-electron chi connectivity index (χ3n) is 4.87. The zero-order chi connectivity index (χ0) is 18.7. The number of amides is 2. The Morgan fingerprint density at radius 3 is 2.46 bits per heavy atom. The molecule has 1 fully saturated rings. The Hall–Kier alpha value is -2.40. The van der Waals surface area contributed by atoms with Gasteiger partial charge in [0.05, 0.1) is 14.2 Å². The molecule has 0 atom stereocenters. The summed E-state index contributed by atoms with van der Waals surface area (Å²) in [6.07, 6.45) is 2.05. The van der Waals surface area contributed by atoms with Crippen LogP contribution in [0.1, 0.15) is 24.0 Å². The van der Waals surface area contributed by atoms with Crippen LogP contribution in [-0.4, -0.2) is 26.8 Å². The Bertz CT molecular complexity index is 819. The van der Waals surface area contributed by atoms with Crippen LogP contribution in [0, 0.1) is 6.92 Å². The number of urea groups is 1. The molecular formula is C20H23ClN2O3. The summed E-state index contributed by atoms with van der Waals surface area (Å²) in [6, 6.07) is 11.2. The molecule has 0 bridgehead atoms. The van der Waals surface area contributed by atoms with Crippen LogP contribution < -0.4 is 20.1 Å². The van der Waals surface area contributed by atoms with Crippen molar-refractivity contribution < 1.29 is 14.3 Å². The molecule has 5 nitrogen and oxygen atoms in total. The second kappa shape index (κ2) is 7.46. The lowest BCUT2D eigenvalue weighted by molar-refractivity contribution is 0.251. The highest BCUT2D eigenvalue weighted by molar-refractivity contribution is 6.31. The Labute approximate surface area is 158 Å². The van der Waals surface area contributed by atoms with Gasteiger partial charge in [-0.2, -0.15) is 0 Å². The summed E-state index contributed by atoms with van der Waals surface area (Å²) in [7, 11) is 3.24. The van der Waals surface area contributed by atoms with Gasteiger partial charge < -0.3 is 20.1 Å². The van der Waals surface area contributed by atoms with Crippen molar-refractivity contribution in [3.63, 3.8) is 0 Å². The monoisotopic (exact) mass is 374 g/mol. The van der Waals surface area contributed by atoms with E-state index in [0.717, 1.165) is 24.0 Å². The van der Waals surface area contributed by atoms with E-state index in [1.807, 2.05) is 37.3 Å². The van der Waals surface area contributed by atoms with Gasteiger partial charge >= 0.3 is 6.03 Å². The SMILES string of the molecule is COc1ccc(C2(CNC(=O)Nc3ccc(C)c(Cl)c3)CC2)cc1OC. The second-order valence-electron chi connectivity index (χ2n) is 6.62. The normalized spacial score (nSPS) is 14.5. The van der Waals surface area contributed by atoms with Crippen molar-refractivity contribution >= 4 is 23.3 Å². The number of benzene rings is 2. The zero-order valence-electron chi connectivity index (χ0n) is 15.2. The van der Waals surface area contributed by atoms with Crippen molar-refractivity contribution in [2.75, 3.05) is 26.1 Å². The maximum Gasteiger partial charge on any atom is 0.319 e. The Balaban J connectivity index is 1.63. The van der Waals surface area contributed by atoms with Crippen LogP contribution in [0.2, 0.25) is 5.02 Å². The number of nitrogens with one attached hydrogen (secondary N) is 2. The van der Waals surface area contributed by atoms with Gasteiger partial charge in [0.1, 0.15) is 0 Å². The highest BCUT2D eigenvalue weighted by Crippen LogP contribution is 2.49. The number of hydrogen-bond donors (Lipinski definition) is 2. The molecular weight excluding hydrogens is 352 g/mol. The fourth-order valence-corrected chi connectivity index (χ4v) is 3.16. The third kappa shape index (κ3) is 3.88. The fourth-order valence-electron chi connectivity index (χ4n) is 2.98. The highest BCUT2D eigenvalue weighted by Gasteiger charge is 2.44. The molecule has 0 aromatic heterocycles. The van der Waals surface area contributed by atoms with Crippen LogP contribution >= 0.6 is 11.6 Å². The number of rotatable bonds is 6. The zero-order valence-corrected chi connectivity index (χ0v) is 15.9. The van der Waals surface area contributed by atoms with Crippen LogP contribution in [0.25, 0.3) is 0 Å². The van der Waals surface area contributed by atoms with Gasteiger partial charge in [-0.15, -0.1) is 0 Å². The van der Waals surface area contributed by atoms with E-state index in [2.05, 4.69) is 10.6 Å². The summed E-state index contributed by atoms with van der Waals surface area (Å²) in [5, 5.41) is 6.42. The number of aryl methyl sites for hydroxylation is 1. The number of anilines is 1. The van der Waals surface area contributed by atoms with E-state index >= 15 is 0 Å². The smallest absolute Gasteiger partial charge is 0.319 e. The maximum atomic E-state index is 12.2. The van der Waals surface area contributed by atoms with Gasteiger partial charge in [0.25, 0.3) is 0 Å². The van der Waals surface area contributed by atoms with Crippen molar-refractivity contribution in [3.05, 3.63) is 52.5 Å². The largest absolute Gasteiger partial charge is 0.493 e. The van der Waals surface area contributed by atoms with Crippen LogP contribution in [0.5, 0.6) is 11.5 Å². The predicted octanol–water partition coefficient (Wildman–Crippen LogP) is 4.52. The van der Waals surface area contributed by atoms with E-state index in [1.54, 1.807) is 20.3 Å². The van der Waals surface area contributed by atoms with Crippen molar-refractivity contribution in [1.29, 1.82) is 0 Å². The predicted molar refractivity (Wildman–Crippen MR) is 104 cm³/mol. The van der Waals surface area contributed by atoms with Gasteiger partial charge in [-0.25, -0.2) is 4.79 Å². The molecule has 6 heteroatoms. The van der Waals surface area contributed by atoms with Gasteiger partial charge in [0.2, 0.25) is 0 Å². The van der Waals surface area contributed by atoms with E-state index in [4.69, 9.17) is 21.1 Å². The van der Waals surface area contributed by atoms with E-state index in [0.29, 0.717) is 28.8 Å². The van der Waals surface area contributed by atoms with E-state index in [1.165, 1.54) is 0 Å². The molecule has 0 unspecified atom stereocenters. The number of methoxy groups -OCH3 is 2.